The molecule has 0 unspecified atom stereocenters. The molecule has 0 amide bonds. The minimum Gasteiger partial charge on any atom is -0.497 e. The Labute approximate surface area is 92.4 Å². The molecule has 1 heterocycles. The van der Waals surface area contributed by atoms with E-state index < -0.39 is 0 Å². The predicted molar refractivity (Wildman–Crippen MR) is 58.0 cm³/mol. The maximum Gasteiger partial charge on any atom is 0.121 e. The van der Waals surface area contributed by atoms with Gasteiger partial charge in [-0.25, -0.2) is 0 Å². The number of ether oxygens (including phenoxy) is 1. The van der Waals surface area contributed by atoms with Crippen molar-refractivity contribution < 1.29 is 4.74 Å². The molecule has 78 valence electrons. The zero-order chi connectivity index (χ0) is 10.8. The summed E-state index contributed by atoms with van der Waals surface area (Å²) in [7, 11) is 3.42. The van der Waals surface area contributed by atoms with E-state index in [0.29, 0.717) is 10.8 Å². The van der Waals surface area contributed by atoms with Gasteiger partial charge in [-0.3, -0.25) is 4.68 Å². The van der Waals surface area contributed by atoms with Gasteiger partial charge >= 0.3 is 0 Å². The van der Waals surface area contributed by atoms with Crippen molar-refractivity contribution in [1.29, 1.82) is 0 Å². The summed E-state index contributed by atoms with van der Waals surface area (Å²) in [6.45, 7) is 0. The van der Waals surface area contributed by atoms with Crippen LogP contribution in [0.2, 0.25) is 5.02 Å². The molecule has 2 aromatic rings. The van der Waals surface area contributed by atoms with Gasteiger partial charge in [-0.1, -0.05) is 16.8 Å². The van der Waals surface area contributed by atoms with Gasteiger partial charge in [0.05, 0.1) is 13.3 Å². The van der Waals surface area contributed by atoms with Gasteiger partial charge in [0.15, 0.2) is 0 Å². The first-order valence-electron chi connectivity index (χ1n) is 4.40. The molecule has 0 atom stereocenters. The van der Waals surface area contributed by atoms with Gasteiger partial charge in [-0.15, -0.1) is 5.10 Å². The second-order valence-electron chi connectivity index (χ2n) is 3.16. The van der Waals surface area contributed by atoms with Crippen LogP contribution in [-0.2, 0) is 7.05 Å². The van der Waals surface area contributed by atoms with Crippen LogP contribution < -0.4 is 4.74 Å². The molecule has 5 heteroatoms. The van der Waals surface area contributed by atoms with E-state index in [1.54, 1.807) is 17.9 Å². The lowest BCUT2D eigenvalue weighted by Gasteiger charge is -2.02. The number of hydrogen-bond acceptors (Lipinski definition) is 3. The van der Waals surface area contributed by atoms with Gasteiger partial charge in [0, 0.05) is 17.6 Å². The van der Waals surface area contributed by atoms with E-state index in [-0.39, 0.29) is 0 Å². The highest BCUT2D eigenvalue weighted by Crippen LogP contribution is 2.26. The van der Waals surface area contributed by atoms with Crippen LogP contribution in [0.5, 0.6) is 5.75 Å². The van der Waals surface area contributed by atoms with Crippen molar-refractivity contribution in [2.75, 3.05) is 7.11 Å². The Morgan fingerprint density at radius 3 is 2.73 bits per heavy atom. The summed E-state index contributed by atoms with van der Waals surface area (Å²) < 4.78 is 6.77. The Hall–Kier alpha value is -1.55. The third-order valence-corrected chi connectivity index (χ3v) is 2.22. The van der Waals surface area contributed by atoms with Crippen LogP contribution >= 0.6 is 11.6 Å². The Kier molecular flexibility index (Phi) is 2.60. The van der Waals surface area contributed by atoms with Crippen molar-refractivity contribution in [1.82, 2.24) is 15.0 Å². The van der Waals surface area contributed by atoms with Crippen LogP contribution in [0.1, 0.15) is 0 Å². The molecule has 0 N–H and O–H groups in total. The minimum absolute atomic E-state index is 0.620. The molecule has 0 saturated carbocycles. The van der Waals surface area contributed by atoms with Crippen LogP contribution in [0.15, 0.2) is 24.4 Å². The Morgan fingerprint density at radius 2 is 2.13 bits per heavy atom. The zero-order valence-electron chi connectivity index (χ0n) is 8.44. The molecule has 0 aliphatic heterocycles. The molecule has 0 fully saturated rings. The second kappa shape index (κ2) is 3.90. The molecule has 0 aliphatic carbocycles. The van der Waals surface area contributed by atoms with Crippen molar-refractivity contribution >= 4 is 11.6 Å². The van der Waals surface area contributed by atoms with Gasteiger partial charge in [-0.2, -0.15) is 0 Å². The first kappa shape index (κ1) is 9.98. The fourth-order valence-electron chi connectivity index (χ4n) is 1.31. The van der Waals surface area contributed by atoms with Gasteiger partial charge in [0.1, 0.15) is 11.4 Å². The molecule has 1 aromatic heterocycles. The molecule has 0 spiro atoms. The van der Waals surface area contributed by atoms with Crippen molar-refractivity contribution in [2.45, 2.75) is 0 Å². The van der Waals surface area contributed by atoms with Crippen LogP contribution in [-0.4, -0.2) is 22.1 Å². The number of halogens is 1. The van der Waals surface area contributed by atoms with Gasteiger partial charge < -0.3 is 4.74 Å². The number of hydrogen-bond donors (Lipinski definition) is 0. The quantitative estimate of drug-likeness (QED) is 0.783. The molecule has 2 rings (SSSR count). The molecule has 4 nitrogen and oxygen atoms in total. The van der Waals surface area contributed by atoms with E-state index in [1.807, 2.05) is 25.4 Å². The molecule has 0 bridgehead atoms. The maximum absolute atomic E-state index is 5.95. The average molecular weight is 224 g/mol. The van der Waals surface area contributed by atoms with E-state index in [4.69, 9.17) is 16.3 Å². The summed E-state index contributed by atoms with van der Waals surface area (Å²) in [5.74, 6) is 0.711. The SMILES string of the molecule is COc1cc(Cl)cc(-c2cn(C)nn2)c1. The lowest BCUT2D eigenvalue weighted by atomic mass is 10.1. The summed E-state index contributed by atoms with van der Waals surface area (Å²) >= 11 is 5.95. The summed E-state index contributed by atoms with van der Waals surface area (Å²) in [6, 6.07) is 5.45. The van der Waals surface area contributed by atoms with Crippen LogP contribution in [0.25, 0.3) is 11.3 Å². The number of aryl methyl sites for hydroxylation is 1. The van der Waals surface area contributed by atoms with Gasteiger partial charge in [0.25, 0.3) is 0 Å². The highest BCUT2D eigenvalue weighted by atomic mass is 35.5. The van der Waals surface area contributed by atoms with Crippen molar-refractivity contribution in [3.8, 4) is 17.0 Å². The van der Waals surface area contributed by atoms with Gasteiger partial charge in [-0.05, 0) is 18.2 Å². The van der Waals surface area contributed by atoms with Crippen molar-refractivity contribution in [2.24, 2.45) is 7.05 Å². The summed E-state index contributed by atoms with van der Waals surface area (Å²) in [5, 5.41) is 8.48. The molecule has 0 saturated heterocycles. The first-order valence-corrected chi connectivity index (χ1v) is 4.78. The molecule has 15 heavy (non-hydrogen) atoms. The van der Waals surface area contributed by atoms with E-state index >= 15 is 0 Å². The molecular formula is C10H10ClN3O. The molecule has 1 aromatic carbocycles. The maximum atomic E-state index is 5.95. The Bertz CT molecular complexity index is 481. The van der Waals surface area contributed by atoms with Crippen molar-refractivity contribution in [3.05, 3.63) is 29.4 Å². The van der Waals surface area contributed by atoms with Crippen molar-refractivity contribution in [3.63, 3.8) is 0 Å². The summed E-state index contributed by atoms with van der Waals surface area (Å²) in [6.07, 6.45) is 1.82. The smallest absolute Gasteiger partial charge is 0.121 e. The first-order chi connectivity index (χ1) is 7.19. The monoisotopic (exact) mass is 223 g/mol. The van der Waals surface area contributed by atoms with Crippen LogP contribution in [0.3, 0.4) is 0 Å². The van der Waals surface area contributed by atoms with Crippen LogP contribution in [0, 0.1) is 0 Å². The molecule has 0 aliphatic rings. The normalized spacial score (nSPS) is 10.3. The molecular weight excluding hydrogens is 214 g/mol. The fraction of sp³-hybridized carbons (Fsp3) is 0.200. The Morgan fingerprint density at radius 1 is 1.33 bits per heavy atom. The van der Waals surface area contributed by atoms with E-state index in [1.165, 1.54) is 0 Å². The number of rotatable bonds is 2. The van der Waals surface area contributed by atoms with E-state index in [0.717, 1.165) is 11.3 Å². The molecule has 0 radical (unpaired) electrons. The summed E-state index contributed by atoms with van der Waals surface area (Å²) in [4.78, 5) is 0. The minimum atomic E-state index is 0.620. The van der Waals surface area contributed by atoms with E-state index in [2.05, 4.69) is 10.3 Å². The highest BCUT2D eigenvalue weighted by molar-refractivity contribution is 6.31. The average Bonchev–Trinajstić information content (AvgIpc) is 2.64. The largest absolute Gasteiger partial charge is 0.497 e. The topological polar surface area (TPSA) is 39.9 Å². The Balaban J connectivity index is 2.48. The fourth-order valence-corrected chi connectivity index (χ4v) is 1.53. The third kappa shape index (κ3) is 2.10. The third-order valence-electron chi connectivity index (χ3n) is 2.01. The number of benzene rings is 1. The predicted octanol–water partition coefficient (Wildman–Crippen LogP) is 2.14. The number of methoxy groups -OCH3 is 1. The second-order valence-corrected chi connectivity index (χ2v) is 3.59. The number of aromatic nitrogens is 3. The lowest BCUT2D eigenvalue weighted by Crippen LogP contribution is -1.85. The standard InChI is InChI=1S/C10H10ClN3O/c1-14-6-10(12-13-14)7-3-8(11)5-9(4-7)15-2/h3-6H,1-2H3. The van der Waals surface area contributed by atoms with Gasteiger partial charge in [0.2, 0.25) is 0 Å². The zero-order valence-corrected chi connectivity index (χ0v) is 9.19. The highest BCUT2D eigenvalue weighted by Gasteiger charge is 2.05. The van der Waals surface area contributed by atoms with Crippen LogP contribution in [0.4, 0.5) is 0 Å². The summed E-state index contributed by atoms with van der Waals surface area (Å²) in [5.41, 5.74) is 1.67. The lowest BCUT2D eigenvalue weighted by molar-refractivity contribution is 0.415. The number of nitrogens with zero attached hydrogens (tertiary/aromatic N) is 3. The van der Waals surface area contributed by atoms with E-state index in [9.17, 15) is 0 Å².